The van der Waals surface area contributed by atoms with Gasteiger partial charge in [0, 0.05) is 0 Å². The summed E-state index contributed by atoms with van der Waals surface area (Å²) in [5.41, 5.74) is 15.7. The van der Waals surface area contributed by atoms with Crippen molar-refractivity contribution in [1.82, 2.24) is 0 Å². The third-order valence-corrected chi connectivity index (χ3v) is 11.3. The summed E-state index contributed by atoms with van der Waals surface area (Å²) < 4.78 is 0. The first-order valence-electron chi connectivity index (χ1n) is 26.1. The van der Waals surface area contributed by atoms with Crippen molar-refractivity contribution < 1.29 is 0 Å². The molecule has 388 valence electrons. The molecule has 0 spiro atoms. The number of hydrogen-bond acceptors (Lipinski definition) is 0. The molecule has 3 aromatic rings. The summed E-state index contributed by atoms with van der Waals surface area (Å²) in [6, 6.07) is 30.6. The molecule has 0 saturated heterocycles. The van der Waals surface area contributed by atoms with Crippen LogP contribution in [0.25, 0.3) is 17.7 Å². The van der Waals surface area contributed by atoms with Crippen molar-refractivity contribution in [3.8, 4) is 0 Å². The third-order valence-electron chi connectivity index (χ3n) is 11.3. The van der Waals surface area contributed by atoms with Gasteiger partial charge in [-0.1, -0.05) is 305 Å². The number of benzene rings is 3. The van der Waals surface area contributed by atoms with Crippen LogP contribution in [0.2, 0.25) is 0 Å². The molecule has 0 bridgehead atoms. The highest BCUT2D eigenvalue weighted by Gasteiger charge is 2.07. The average Bonchev–Trinajstić information content (AvgIpc) is 4.11. The van der Waals surface area contributed by atoms with E-state index < -0.39 is 0 Å². The van der Waals surface area contributed by atoms with Crippen LogP contribution < -0.4 is 0 Å². The van der Waals surface area contributed by atoms with Crippen molar-refractivity contribution >= 4 is 17.7 Å². The van der Waals surface area contributed by atoms with E-state index in [-0.39, 0.29) is 0 Å². The third kappa shape index (κ3) is 41.3. The molecule has 0 radical (unpaired) electrons. The molecule has 4 aliphatic rings. The van der Waals surface area contributed by atoms with E-state index in [0.29, 0.717) is 0 Å². The highest BCUT2D eigenvalue weighted by atomic mass is 14.1. The van der Waals surface area contributed by atoms with Crippen molar-refractivity contribution in [3.05, 3.63) is 310 Å². The topological polar surface area (TPSA) is 0 Å². The molecule has 0 aliphatic heterocycles. The lowest BCUT2D eigenvalue weighted by Gasteiger charge is -2.14. The Morgan fingerprint density at radius 1 is 0.411 bits per heavy atom. The zero-order valence-electron chi connectivity index (χ0n) is 46.6. The molecule has 0 amide bonds. The summed E-state index contributed by atoms with van der Waals surface area (Å²) in [4.78, 5) is 0. The normalized spacial score (nSPS) is 14.1. The van der Waals surface area contributed by atoms with Crippen LogP contribution in [0.1, 0.15) is 141 Å². The van der Waals surface area contributed by atoms with E-state index in [4.69, 9.17) is 0 Å². The maximum absolute atomic E-state index is 3.90. The van der Waals surface area contributed by atoms with Crippen LogP contribution in [0, 0.1) is 0 Å². The quantitative estimate of drug-likeness (QED) is 0.178. The van der Waals surface area contributed by atoms with E-state index in [0.717, 1.165) is 27.9 Å². The van der Waals surface area contributed by atoms with Crippen molar-refractivity contribution in [2.24, 2.45) is 0 Å². The molecule has 0 heterocycles. The average molecular weight is 974 g/mol. The van der Waals surface area contributed by atoms with Crippen LogP contribution in [0.15, 0.2) is 293 Å². The molecule has 4 aliphatic carbocycles. The molecule has 2 saturated carbocycles. The highest BCUT2D eigenvalue weighted by Crippen LogP contribution is 2.26. The van der Waals surface area contributed by atoms with Crippen molar-refractivity contribution in [2.75, 3.05) is 0 Å². The fourth-order valence-electron chi connectivity index (χ4n) is 6.28. The van der Waals surface area contributed by atoms with Crippen LogP contribution in [0.4, 0.5) is 0 Å². The van der Waals surface area contributed by atoms with Crippen LogP contribution in [0.5, 0.6) is 0 Å². The molecule has 0 nitrogen and oxygen atoms in total. The summed E-state index contributed by atoms with van der Waals surface area (Å²) in [7, 11) is 0. The molecule has 0 aromatic heterocycles. The van der Waals surface area contributed by atoms with E-state index in [2.05, 4.69) is 140 Å². The molecular formula is C73H96. The van der Waals surface area contributed by atoms with Gasteiger partial charge in [-0.25, -0.2) is 0 Å². The maximum Gasteiger partial charge on any atom is -0.0190 e. The molecule has 0 N–H and O–H groups in total. The largest absolute Gasteiger partial charge is 0.0988 e. The standard InChI is InChI=1S/C16H14.C10H10.2C8H12.2C7H10.2C6H10.C5H8/c1-3-9-15(10-4-1)13-7-8-14-16-11-5-2-6-12-16;1-3-9(2)10-7-5-4-6-8-10;1-7-5-3-4-6-8(7)2;1-2-8-6-4-3-5-7-8;1-6-4-3-5-7(6)2;1-2-7-5-3-4-6-7;1-5(2)6(3)4;1-3-5-6-4-2;1-4-5(2)3/h1-14H;3-8H,1-2H2;1-6H2;2,6H,1,3-5,7H2;1-5H2;2,5H,1,3-4,6H2;1,3H2,2,4H3;3-6H,1-2H3;4H,1-2H2,3H3/b13-7-,14-8-;;;;;;;5-3-,6-4-;. The van der Waals surface area contributed by atoms with E-state index in [1.165, 1.54) is 134 Å². The van der Waals surface area contributed by atoms with E-state index in [1.807, 2.05) is 138 Å². The van der Waals surface area contributed by atoms with Gasteiger partial charge in [0.15, 0.2) is 0 Å². The fraction of sp³-hybridized carbons (Fsp3) is 0.260. The maximum atomic E-state index is 3.90. The Morgan fingerprint density at radius 2 is 0.753 bits per heavy atom. The van der Waals surface area contributed by atoms with E-state index in [9.17, 15) is 0 Å². The Bertz CT molecular complexity index is 2200. The molecule has 0 unspecified atom stereocenters. The van der Waals surface area contributed by atoms with Crippen molar-refractivity contribution in [3.63, 3.8) is 0 Å². The molecular weight excluding hydrogens is 877 g/mol. The first kappa shape index (κ1) is 68.1. The second-order valence-corrected chi connectivity index (χ2v) is 17.9. The molecule has 7 rings (SSSR count). The predicted molar refractivity (Wildman–Crippen MR) is 339 cm³/mol. The molecule has 2 fully saturated rings. The van der Waals surface area contributed by atoms with Crippen LogP contribution in [-0.2, 0) is 0 Å². The van der Waals surface area contributed by atoms with E-state index >= 15 is 0 Å². The lowest BCUT2D eigenvalue weighted by atomic mass is 9.92. The van der Waals surface area contributed by atoms with Crippen LogP contribution in [-0.4, -0.2) is 0 Å². The zero-order chi connectivity index (χ0) is 54.9. The Hall–Kier alpha value is -7.02. The van der Waals surface area contributed by atoms with Gasteiger partial charge in [0.1, 0.15) is 0 Å². The summed E-state index contributed by atoms with van der Waals surface area (Å²) in [5, 5.41) is 0. The minimum atomic E-state index is 0.973. The summed E-state index contributed by atoms with van der Waals surface area (Å²) in [5.74, 6) is 0. The second-order valence-electron chi connectivity index (χ2n) is 17.9. The minimum absolute atomic E-state index is 0.973. The van der Waals surface area contributed by atoms with Crippen LogP contribution in [0.3, 0.4) is 0 Å². The van der Waals surface area contributed by atoms with Gasteiger partial charge >= 0.3 is 0 Å². The fourth-order valence-corrected chi connectivity index (χ4v) is 6.28. The molecule has 0 atom stereocenters. The van der Waals surface area contributed by atoms with Crippen LogP contribution >= 0.6 is 0 Å². The van der Waals surface area contributed by atoms with Gasteiger partial charge < -0.3 is 0 Å². The van der Waals surface area contributed by atoms with Gasteiger partial charge in [-0.15, -0.1) is 0 Å². The first-order valence-corrected chi connectivity index (χ1v) is 26.1. The predicted octanol–water partition coefficient (Wildman–Crippen LogP) is 23.2. The lowest BCUT2D eigenvalue weighted by molar-refractivity contribution is 0.682. The zero-order valence-corrected chi connectivity index (χ0v) is 46.6. The summed E-state index contributed by atoms with van der Waals surface area (Å²) in [6.45, 7) is 54.4. The van der Waals surface area contributed by atoms with Gasteiger partial charge in [-0.2, -0.15) is 0 Å². The van der Waals surface area contributed by atoms with Gasteiger partial charge in [-0.3, -0.25) is 0 Å². The monoisotopic (exact) mass is 973 g/mol. The lowest BCUT2D eigenvalue weighted by Crippen LogP contribution is -1.94. The van der Waals surface area contributed by atoms with Gasteiger partial charge in [-0.05, 0) is 147 Å². The first-order chi connectivity index (χ1) is 35.1. The van der Waals surface area contributed by atoms with Gasteiger partial charge in [0.25, 0.3) is 0 Å². The Labute approximate surface area is 449 Å². The van der Waals surface area contributed by atoms with Gasteiger partial charge in [0.2, 0.25) is 0 Å². The highest BCUT2D eigenvalue weighted by molar-refractivity contribution is 5.71. The Morgan fingerprint density at radius 3 is 1.01 bits per heavy atom. The molecule has 73 heavy (non-hydrogen) atoms. The van der Waals surface area contributed by atoms with Crippen molar-refractivity contribution in [1.29, 1.82) is 0 Å². The van der Waals surface area contributed by atoms with Gasteiger partial charge in [0.05, 0.1) is 0 Å². The molecule has 0 heteroatoms. The smallest absolute Gasteiger partial charge is 0.0190 e. The Kier molecular flexibility index (Phi) is 44.1. The number of hydrogen-bond donors (Lipinski definition) is 0. The van der Waals surface area contributed by atoms with E-state index in [1.54, 1.807) is 12.2 Å². The summed E-state index contributed by atoms with van der Waals surface area (Å²) in [6.07, 6.45) is 46.0. The number of rotatable bonds is 10. The SMILES string of the molecule is C(/C=C\c1ccccc1)=C/c1ccccc1.C/C=C\C=C/C.C=C(C)C(=C)C.C=C1CCCC1=C.C=C1CCCCC1=C.C=CC(=C)C.C=CC(=C)c1ccccc1.C=CC1=CCCC1.C=CC1=CCCCC1. The van der Waals surface area contributed by atoms with Crippen molar-refractivity contribution in [2.45, 2.75) is 125 Å². The minimum Gasteiger partial charge on any atom is -0.0988 e. The number of allylic oxidation sites excluding steroid dienone is 22. The molecule has 3 aromatic carbocycles. The Balaban J connectivity index is 0. The summed E-state index contributed by atoms with van der Waals surface area (Å²) >= 11 is 0. The second kappa shape index (κ2) is 47.3.